The minimum Gasteiger partial charge on any atom is -0.309 e. The fourth-order valence-electron chi connectivity index (χ4n) is 2.36. The van der Waals surface area contributed by atoms with Gasteiger partial charge in [-0.15, -0.1) is 11.3 Å². The van der Waals surface area contributed by atoms with Crippen LogP contribution in [0, 0.1) is 0 Å². The Labute approximate surface area is 126 Å². The maximum Gasteiger partial charge on any atom is 0.0965 e. The Bertz CT molecular complexity index is 467. The first-order valence-corrected chi connectivity index (χ1v) is 8.37. The van der Waals surface area contributed by atoms with Crippen molar-refractivity contribution in [3.05, 3.63) is 52.5 Å². The fraction of sp³-hybridized carbons (Fsp3) is 0.471. The second-order valence-corrected chi connectivity index (χ2v) is 6.21. The van der Waals surface area contributed by atoms with Crippen molar-refractivity contribution < 1.29 is 0 Å². The molecule has 0 aliphatic heterocycles. The van der Waals surface area contributed by atoms with E-state index in [9.17, 15) is 0 Å². The lowest BCUT2D eigenvalue weighted by Crippen LogP contribution is -2.25. The van der Waals surface area contributed by atoms with Crippen molar-refractivity contribution in [3.8, 4) is 0 Å². The van der Waals surface area contributed by atoms with Gasteiger partial charge in [-0.1, -0.05) is 57.0 Å². The molecule has 108 valence electrons. The molecule has 0 saturated carbocycles. The molecule has 0 fully saturated rings. The van der Waals surface area contributed by atoms with E-state index >= 15 is 0 Å². The highest BCUT2D eigenvalue weighted by Gasteiger charge is 2.13. The van der Waals surface area contributed by atoms with E-state index in [2.05, 4.69) is 59.9 Å². The zero-order valence-corrected chi connectivity index (χ0v) is 13.2. The van der Waals surface area contributed by atoms with Crippen LogP contribution in [0.1, 0.15) is 55.6 Å². The quantitative estimate of drug-likeness (QED) is 0.757. The monoisotopic (exact) mass is 288 g/mol. The molecule has 1 aromatic carbocycles. The van der Waals surface area contributed by atoms with E-state index < -0.39 is 0 Å². The number of thiazole rings is 1. The molecule has 1 heterocycles. The van der Waals surface area contributed by atoms with Crippen LogP contribution in [0.25, 0.3) is 0 Å². The first-order valence-electron chi connectivity index (χ1n) is 7.49. The fourth-order valence-corrected chi connectivity index (χ4v) is 3.06. The van der Waals surface area contributed by atoms with Gasteiger partial charge in [0.1, 0.15) is 0 Å². The Kier molecular flexibility index (Phi) is 6.22. The lowest BCUT2D eigenvalue weighted by Gasteiger charge is -2.21. The molecule has 2 nitrogen and oxygen atoms in total. The predicted octanol–water partition coefficient (Wildman–Crippen LogP) is 4.77. The van der Waals surface area contributed by atoms with E-state index in [1.807, 2.05) is 6.20 Å². The van der Waals surface area contributed by atoms with E-state index in [1.54, 1.807) is 11.3 Å². The molecule has 0 radical (unpaired) electrons. The van der Waals surface area contributed by atoms with Gasteiger partial charge in [0.15, 0.2) is 0 Å². The summed E-state index contributed by atoms with van der Waals surface area (Å²) < 4.78 is 0. The zero-order valence-electron chi connectivity index (χ0n) is 12.4. The molecule has 2 rings (SSSR count). The third kappa shape index (κ3) is 4.43. The van der Waals surface area contributed by atoms with Crippen molar-refractivity contribution in [2.45, 2.75) is 45.1 Å². The van der Waals surface area contributed by atoms with Crippen LogP contribution in [0.3, 0.4) is 0 Å². The summed E-state index contributed by atoms with van der Waals surface area (Å²) in [5.74, 6) is 0.475. The van der Waals surface area contributed by atoms with Crippen molar-refractivity contribution in [3.63, 3.8) is 0 Å². The Hall–Kier alpha value is -1.19. The van der Waals surface area contributed by atoms with E-state index in [1.165, 1.54) is 29.8 Å². The maximum atomic E-state index is 4.41. The molecule has 0 bridgehead atoms. The van der Waals surface area contributed by atoms with Crippen LogP contribution in [0.4, 0.5) is 0 Å². The minimum atomic E-state index is 0.457. The summed E-state index contributed by atoms with van der Waals surface area (Å²) in [4.78, 5) is 4.41. The summed E-state index contributed by atoms with van der Waals surface area (Å²) in [6, 6.07) is 11.2. The highest BCUT2D eigenvalue weighted by molar-refractivity contribution is 7.09. The SMILES string of the molecule is CCCCC(NCC(C)c1nccs1)c1ccccc1. The van der Waals surface area contributed by atoms with Crippen LogP contribution >= 0.6 is 11.3 Å². The lowest BCUT2D eigenvalue weighted by atomic mass is 10.0. The van der Waals surface area contributed by atoms with Crippen molar-refractivity contribution in [1.29, 1.82) is 0 Å². The van der Waals surface area contributed by atoms with Gasteiger partial charge >= 0.3 is 0 Å². The van der Waals surface area contributed by atoms with Gasteiger partial charge in [-0.25, -0.2) is 4.98 Å². The van der Waals surface area contributed by atoms with Crippen LogP contribution < -0.4 is 5.32 Å². The Morgan fingerprint density at radius 2 is 2.05 bits per heavy atom. The number of hydrogen-bond acceptors (Lipinski definition) is 3. The Morgan fingerprint density at radius 3 is 2.70 bits per heavy atom. The van der Waals surface area contributed by atoms with Gasteiger partial charge in [-0.2, -0.15) is 0 Å². The summed E-state index contributed by atoms with van der Waals surface area (Å²) >= 11 is 1.75. The van der Waals surface area contributed by atoms with Gasteiger partial charge in [0.2, 0.25) is 0 Å². The maximum absolute atomic E-state index is 4.41. The van der Waals surface area contributed by atoms with Gasteiger partial charge in [0.05, 0.1) is 5.01 Å². The van der Waals surface area contributed by atoms with E-state index in [4.69, 9.17) is 0 Å². The van der Waals surface area contributed by atoms with Gasteiger partial charge < -0.3 is 5.32 Å². The Morgan fingerprint density at radius 1 is 1.25 bits per heavy atom. The molecule has 1 N–H and O–H groups in total. The average molecular weight is 288 g/mol. The van der Waals surface area contributed by atoms with Crippen molar-refractivity contribution in [2.24, 2.45) is 0 Å². The average Bonchev–Trinajstić information content (AvgIpc) is 3.02. The van der Waals surface area contributed by atoms with Crippen LogP contribution in [-0.4, -0.2) is 11.5 Å². The smallest absolute Gasteiger partial charge is 0.0965 e. The Balaban J connectivity index is 1.94. The van der Waals surface area contributed by atoms with Gasteiger partial charge in [0, 0.05) is 30.1 Å². The molecule has 0 aliphatic carbocycles. The van der Waals surface area contributed by atoms with E-state index in [0.717, 1.165) is 6.54 Å². The highest BCUT2D eigenvalue weighted by atomic mass is 32.1. The third-order valence-corrected chi connectivity index (χ3v) is 4.60. The number of rotatable bonds is 8. The molecule has 0 spiro atoms. The zero-order chi connectivity index (χ0) is 14.2. The largest absolute Gasteiger partial charge is 0.309 e. The molecular formula is C17H24N2S. The van der Waals surface area contributed by atoms with E-state index in [-0.39, 0.29) is 0 Å². The van der Waals surface area contributed by atoms with E-state index in [0.29, 0.717) is 12.0 Å². The van der Waals surface area contributed by atoms with Crippen molar-refractivity contribution in [1.82, 2.24) is 10.3 Å². The molecule has 2 aromatic rings. The summed E-state index contributed by atoms with van der Waals surface area (Å²) in [5, 5.41) is 7.00. The summed E-state index contributed by atoms with van der Waals surface area (Å²) in [6.45, 7) is 5.48. The first-order chi connectivity index (χ1) is 9.81. The molecule has 2 atom stereocenters. The molecule has 3 heteroatoms. The van der Waals surface area contributed by atoms with Gasteiger partial charge in [-0.05, 0) is 12.0 Å². The molecular weight excluding hydrogens is 264 g/mol. The standard InChI is InChI=1S/C17H24N2S/c1-3-4-10-16(15-8-6-5-7-9-15)19-13-14(2)17-18-11-12-20-17/h5-9,11-12,14,16,19H,3-4,10,13H2,1-2H3. The number of unbranched alkanes of at least 4 members (excludes halogenated alkanes) is 1. The number of aromatic nitrogens is 1. The number of nitrogens with one attached hydrogen (secondary N) is 1. The third-order valence-electron chi connectivity index (χ3n) is 3.59. The molecule has 0 saturated heterocycles. The van der Waals surface area contributed by atoms with Crippen LogP contribution in [0.5, 0.6) is 0 Å². The summed E-state index contributed by atoms with van der Waals surface area (Å²) in [6.07, 6.45) is 5.60. The summed E-state index contributed by atoms with van der Waals surface area (Å²) in [5.41, 5.74) is 1.40. The summed E-state index contributed by atoms with van der Waals surface area (Å²) in [7, 11) is 0. The second kappa shape index (κ2) is 8.18. The molecule has 0 aliphatic rings. The lowest BCUT2D eigenvalue weighted by molar-refractivity contribution is 0.464. The topological polar surface area (TPSA) is 24.9 Å². The molecule has 1 aromatic heterocycles. The van der Waals surface area contributed by atoms with Crippen molar-refractivity contribution in [2.75, 3.05) is 6.54 Å². The number of nitrogens with zero attached hydrogens (tertiary/aromatic N) is 1. The van der Waals surface area contributed by atoms with Crippen LogP contribution in [-0.2, 0) is 0 Å². The highest BCUT2D eigenvalue weighted by Crippen LogP contribution is 2.22. The van der Waals surface area contributed by atoms with Gasteiger partial charge in [-0.3, -0.25) is 0 Å². The normalized spacial score (nSPS) is 14.1. The van der Waals surface area contributed by atoms with Crippen molar-refractivity contribution >= 4 is 11.3 Å². The first kappa shape index (κ1) is 15.2. The molecule has 2 unspecified atom stereocenters. The van der Waals surface area contributed by atoms with Gasteiger partial charge in [0.25, 0.3) is 0 Å². The number of benzene rings is 1. The van der Waals surface area contributed by atoms with Crippen LogP contribution in [0.2, 0.25) is 0 Å². The number of hydrogen-bond donors (Lipinski definition) is 1. The molecule has 20 heavy (non-hydrogen) atoms. The van der Waals surface area contributed by atoms with Crippen LogP contribution in [0.15, 0.2) is 41.9 Å². The molecule has 0 amide bonds. The second-order valence-electron chi connectivity index (χ2n) is 5.29. The predicted molar refractivity (Wildman–Crippen MR) is 87.2 cm³/mol. The minimum absolute atomic E-state index is 0.457.